The third kappa shape index (κ3) is 3.36. The molecule has 1 N–H and O–H groups in total. The Hall–Kier alpha value is -1.58. The van der Waals surface area contributed by atoms with Gasteiger partial charge in [0, 0.05) is 25.5 Å². The third-order valence-corrected chi connectivity index (χ3v) is 4.66. The Morgan fingerprint density at radius 3 is 2.43 bits per heavy atom. The fourth-order valence-corrected chi connectivity index (χ4v) is 3.24. The third-order valence-electron chi connectivity index (χ3n) is 4.66. The average Bonchev–Trinajstić information content (AvgIpc) is 2.93. The van der Waals surface area contributed by atoms with Gasteiger partial charge in [-0.05, 0) is 49.5 Å². The van der Waals surface area contributed by atoms with Crippen LogP contribution in [0.4, 0.5) is 0 Å². The van der Waals surface area contributed by atoms with Crippen LogP contribution in [0, 0.1) is 5.92 Å². The van der Waals surface area contributed by atoms with Gasteiger partial charge in [-0.1, -0.05) is 30.3 Å². The second-order valence-corrected chi connectivity index (χ2v) is 6.08. The molecule has 2 aromatic rings. The molecule has 1 aromatic heterocycles. The van der Waals surface area contributed by atoms with E-state index >= 15 is 0 Å². The molecule has 0 amide bonds. The Bertz CT molecular complexity index is 556. The molecule has 0 radical (unpaired) electrons. The van der Waals surface area contributed by atoms with Crippen LogP contribution in [-0.2, 0) is 13.6 Å². The van der Waals surface area contributed by atoms with E-state index in [1.165, 1.54) is 5.69 Å². The molecule has 1 aliphatic heterocycles. The van der Waals surface area contributed by atoms with Crippen LogP contribution in [0.15, 0.2) is 48.7 Å². The fourth-order valence-electron chi connectivity index (χ4n) is 3.24. The van der Waals surface area contributed by atoms with E-state index in [0.29, 0.717) is 5.92 Å². The Balaban J connectivity index is 1.54. The summed E-state index contributed by atoms with van der Waals surface area (Å²) >= 11 is 0. The molecule has 0 bridgehead atoms. The molecule has 1 atom stereocenters. The number of rotatable bonds is 4. The lowest BCUT2D eigenvalue weighted by Crippen LogP contribution is -2.35. The molecule has 1 unspecified atom stereocenters. The van der Waals surface area contributed by atoms with Crippen LogP contribution in [0.2, 0.25) is 0 Å². The van der Waals surface area contributed by atoms with Gasteiger partial charge in [-0.25, -0.2) is 0 Å². The van der Waals surface area contributed by atoms with Gasteiger partial charge in [-0.15, -0.1) is 0 Å². The van der Waals surface area contributed by atoms with Gasteiger partial charge < -0.3 is 9.67 Å². The number of aliphatic hydroxyl groups excluding tert-OH is 1. The smallest absolute Gasteiger partial charge is 0.0819 e. The van der Waals surface area contributed by atoms with Crippen LogP contribution in [0.25, 0.3) is 0 Å². The van der Waals surface area contributed by atoms with E-state index in [2.05, 4.69) is 34.8 Å². The minimum Gasteiger partial charge on any atom is -0.388 e. The van der Waals surface area contributed by atoms with Gasteiger partial charge in [0.1, 0.15) is 0 Å². The molecular formula is C18H24N2O. The summed E-state index contributed by atoms with van der Waals surface area (Å²) in [5, 5.41) is 10.5. The van der Waals surface area contributed by atoms with Crippen molar-refractivity contribution in [3.63, 3.8) is 0 Å². The maximum atomic E-state index is 10.5. The first-order chi connectivity index (χ1) is 10.2. The van der Waals surface area contributed by atoms with E-state index in [9.17, 15) is 5.11 Å². The predicted octanol–water partition coefficient (Wildman–Crippen LogP) is 2.97. The first-order valence-corrected chi connectivity index (χ1v) is 7.79. The highest BCUT2D eigenvalue weighted by Gasteiger charge is 2.26. The van der Waals surface area contributed by atoms with Crippen molar-refractivity contribution in [3.05, 3.63) is 59.9 Å². The Morgan fingerprint density at radius 2 is 1.81 bits per heavy atom. The van der Waals surface area contributed by atoms with Crippen molar-refractivity contribution in [2.24, 2.45) is 13.0 Å². The standard InChI is InChI=1S/C18H24N2O/c1-19-11-5-8-17(19)14-20-12-9-16(10-13-20)18(21)15-6-3-2-4-7-15/h2-8,11,16,18,21H,9-10,12-14H2,1H3. The summed E-state index contributed by atoms with van der Waals surface area (Å²) in [6, 6.07) is 14.3. The SMILES string of the molecule is Cn1cccc1CN1CCC(C(O)c2ccccc2)CC1. The van der Waals surface area contributed by atoms with E-state index < -0.39 is 0 Å². The van der Waals surface area contributed by atoms with Crippen LogP contribution in [0.1, 0.15) is 30.2 Å². The highest BCUT2D eigenvalue weighted by molar-refractivity contribution is 5.18. The van der Waals surface area contributed by atoms with Crippen molar-refractivity contribution in [1.82, 2.24) is 9.47 Å². The number of piperidine rings is 1. The normalized spacial score (nSPS) is 18.8. The van der Waals surface area contributed by atoms with Crippen LogP contribution < -0.4 is 0 Å². The molecule has 3 rings (SSSR count). The summed E-state index contributed by atoms with van der Waals surface area (Å²) in [6.45, 7) is 3.15. The lowest BCUT2D eigenvalue weighted by atomic mass is 9.87. The summed E-state index contributed by atoms with van der Waals surface area (Å²) in [7, 11) is 2.10. The summed E-state index contributed by atoms with van der Waals surface area (Å²) in [6.07, 6.45) is 3.92. The van der Waals surface area contributed by atoms with Gasteiger partial charge in [0.2, 0.25) is 0 Å². The number of likely N-dealkylation sites (tertiary alicyclic amines) is 1. The first kappa shape index (κ1) is 14.4. The number of nitrogens with zero attached hydrogens (tertiary/aromatic N) is 2. The molecule has 0 spiro atoms. The zero-order valence-electron chi connectivity index (χ0n) is 12.7. The maximum absolute atomic E-state index is 10.5. The van der Waals surface area contributed by atoms with E-state index in [1.807, 2.05) is 30.3 Å². The summed E-state index contributed by atoms with van der Waals surface area (Å²) in [5.41, 5.74) is 2.41. The van der Waals surface area contributed by atoms with E-state index in [4.69, 9.17) is 0 Å². The topological polar surface area (TPSA) is 28.4 Å². The van der Waals surface area contributed by atoms with Crippen LogP contribution in [-0.4, -0.2) is 27.7 Å². The van der Waals surface area contributed by atoms with Crippen molar-refractivity contribution >= 4 is 0 Å². The summed E-state index contributed by atoms with van der Waals surface area (Å²) in [4.78, 5) is 2.49. The number of hydrogen-bond acceptors (Lipinski definition) is 2. The molecule has 21 heavy (non-hydrogen) atoms. The molecule has 1 fully saturated rings. The molecule has 2 heterocycles. The molecular weight excluding hydrogens is 260 g/mol. The molecule has 1 aliphatic rings. The highest BCUT2D eigenvalue weighted by Crippen LogP contribution is 2.30. The number of benzene rings is 1. The average molecular weight is 284 g/mol. The van der Waals surface area contributed by atoms with E-state index in [1.54, 1.807) is 0 Å². The second-order valence-electron chi connectivity index (χ2n) is 6.08. The van der Waals surface area contributed by atoms with Gasteiger partial charge in [0.05, 0.1) is 6.10 Å². The van der Waals surface area contributed by atoms with Gasteiger partial charge in [-0.2, -0.15) is 0 Å². The number of aromatic nitrogens is 1. The summed E-state index contributed by atoms with van der Waals surface area (Å²) in [5.74, 6) is 0.386. The number of aryl methyl sites for hydroxylation is 1. The monoisotopic (exact) mass is 284 g/mol. The quantitative estimate of drug-likeness (QED) is 0.935. The predicted molar refractivity (Wildman–Crippen MR) is 84.8 cm³/mol. The molecule has 0 saturated carbocycles. The van der Waals surface area contributed by atoms with Crippen LogP contribution in [0.5, 0.6) is 0 Å². The van der Waals surface area contributed by atoms with Crippen LogP contribution in [0.3, 0.4) is 0 Å². The zero-order chi connectivity index (χ0) is 14.7. The number of aliphatic hydroxyl groups is 1. The lowest BCUT2D eigenvalue weighted by Gasteiger charge is -2.34. The zero-order valence-corrected chi connectivity index (χ0v) is 12.7. The molecule has 3 nitrogen and oxygen atoms in total. The maximum Gasteiger partial charge on any atom is 0.0819 e. The van der Waals surface area contributed by atoms with Crippen molar-refractivity contribution in [2.75, 3.05) is 13.1 Å². The molecule has 0 aliphatic carbocycles. The Labute approximate surface area is 126 Å². The second kappa shape index (κ2) is 6.46. The minimum absolute atomic E-state index is 0.316. The first-order valence-electron chi connectivity index (χ1n) is 7.79. The Kier molecular flexibility index (Phi) is 4.42. The Morgan fingerprint density at radius 1 is 1.10 bits per heavy atom. The van der Waals surface area contributed by atoms with Gasteiger partial charge >= 0.3 is 0 Å². The fraction of sp³-hybridized carbons (Fsp3) is 0.444. The number of hydrogen-bond donors (Lipinski definition) is 1. The van der Waals surface area contributed by atoms with Gasteiger partial charge in [0.25, 0.3) is 0 Å². The highest BCUT2D eigenvalue weighted by atomic mass is 16.3. The van der Waals surface area contributed by atoms with Gasteiger partial charge in [0.15, 0.2) is 0 Å². The van der Waals surface area contributed by atoms with E-state index in [-0.39, 0.29) is 6.10 Å². The van der Waals surface area contributed by atoms with Crippen molar-refractivity contribution in [3.8, 4) is 0 Å². The molecule has 3 heteroatoms. The van der Waals surface area contributed by atoms with E-state index in [0.717, 1.165) is 38.0 Å². The summed E-state index contributed by atoms with van der Waals surface area (Å²) < 4.78 is 2.19. The van der Waals surface area contributed by atoms with Crippen molar-refractivity contribution < 1.29 is 5.11 Å². The molecule has 1 aromatic carbocycles. The van der Waals surface area contributed by atoms with Crippen molar-refractivity contribution in [1.29, 1.82) is 0 Å². The van der Waals surface area contributed by atoms with Gasteiger partial charge in [-0.3, -0.25) is 4.90 Å². The van der Waals surface area contributed by atoms with Crippen LogP contribution >= 0.6 is 0 Å². The molecule has 1 saturated heterocycles. The minimum atomic E-state index is -0.316. The molecule has 112 valence electrons. The lowest BCUT2D eigenvalue weighted by molar-refractivity contribution is 0.0562. The van der Waals surface area contributed by atoms with Crippen molar-refractivity contribution in [2.45, 2.75) is 25.5 Å². The largest absolute Gasteiger partial charge is 0.388 e.